The zero-order valence-corrected chi connectivity index (χ0v) is 23.5. The van der Waals surface area contributed by atoms with Crippen molar-refractivity contribution >= 4 is 11.8 Å². The molecule has 9 nitrogen and oxygen atoms in total. The second-order valence-electron chi connectivity index (χ2n) is 10.1. The first kappa shape index (κ1) is 28.6. The molecule has 0 saturated heterocycles. The van der Waals surface area contributed by atoms with Gasteiger partial charge in [-0.15, -0.1) is 0 Å². The number of nitrogens with one attached hydrogen (secondary N) is 1. The number of ether oxygens (including phenoxy) is 1. The average Bonchev–Trinajstić information content (AvgIpc) is 2.95. The number of unbranched alkanes of at least 4 members (excludes halogenated alkanes) is 1. The molecule has 9 heteroatoms. The Morgan fingerprint density at radius 3 is 2.69 bits per heavy atom. The Bertz CT molecular complexity index is 1220. The van der Waals surface area contributed by atoms with Crippen LogP contribution in [0, 0.1) is 13.8 Å². The van der Waals surface area contributed by atoms with Crippen LogP contribution in [0.3, 0.4) is 0 Å². The van der Waals surface area contributed by atoms with Gasteiger partial charge in [0.15, 0.2) is 11.4 Å². The fourth-order valence-electron chi connectivity index (χ4n) is 4.87. The highest BCUT2D eigenvalue weighted by molar-refractivity contribution is 5.69. The molecular weight excluding hydrogens is 492 g/mol. The highest BCUT2D eigenvalue weighted by Crippen LogP contribution is 2.20. The molecule has 0 bridgehead atoms. The summed E-state index contributed by atoms with van der Waals surface area (Å²) in [6.45, 7) is 8.14. The molecule has 0 aliphatic carbocycles. The Morgan fingerprint density at radius 2 is 1.87 bits per heavy atom. The van der Waals surface area contributed by atoms with Gasteiger partial charge in [-0.1, -0.05) is 6.07 Å². The van der Waals surface area contributed by atoms with Gasteiger partial charge in [0, 0.05) is 58.2 Å². The van der Waals surface area contributed by atoms with Crippen molar-refractivity contribution in [2.24, 2.45) is 0 Å². The van der Waals surface area contributed by atoms with Gasteiger partial charge in [0.2, 0.25) is 0 Å². The average molecular weight is 534 g/mol. The topological polar surface area (TPSA) is 93.3 Å². The van der Waals surface area contributed by atoms with Crippen LogP contribution >= 0.6 is 0 Å². The van der Waals surface area contributed by atoms with Crippen molar-refractivity contribution in [1.29, 1.82) is 0 Å². The third-order valence-electron chi connectivity index (χ3n) is 6.92. The normalized spacial score (nSPS) is 12.7. The Balaban J connectivity index is 1.25. The molecule has 0 unspecified atom stereocenters. The van der Waals surface area contributed by atoms with Crippen LogP contribution in [0.15, 0.2) is 42.7 Å². The molecule has 4 heterocycles. The molecule has 0 fully saturated rings. The van der Waals surface area contributed by atoms with Gasteiger partial charge in [-0.25, -0.2) is 9.78 Å². The molecule has 1 aliphatic rings. The number of hydrogen-bond donors (Lipinski definition) is 1. The standard InChI is InChI=1S/C30H41N6O3/c1-23-22-24(2)36(30(33-23)26-13-16-31-17-14-26)39-28(37)10-7-19-35(20-21-38-3)18-5-4-9-27-12-11-25-8-6-15-32-29(25)34-27/h11-14,16-17,22H,4-10,15,18-21H2,1-3H3,(H,32,34)/q+1. The lowest BCUT2D eigenvalue weighted by atomic mass is 10.1. The number of carbonyl (C=O) groups excluding carboxylic acids is 1. The summed E-state index contributed by atoms with van der Waals surface area (Å²) in [5.74, 6) is 1.38. The largest absolute Gasteiger partial charge is 0.383 e. The van der Waals surface area contributed by atoms with E-state index < -0.39 is 0 Å². The Morgan fingerprint density at radius 1 is 1.05 bits per heavy atom. The van der Waals surface area contributed by atoms with Gasteiger partial charge in [-0.05, 0) is 85.1 Å². The molecule has 39 heavy (non-hydrogen) atoms. The summed E-state index contributed by atoms with van der Waals surface area (Å²) in [5.41, 5.74) is 5.00. The van der Waals surface area contributed by atoms with Gasteiger partial charge < -0.3 is 15.0 Å². The van der Waals surface area contributed by atoms with Crippen LogP contribution in [0.4, 0.5) is 5.82 Å². The lowest BCUT2D eigenvalue weighted by Gasteiger charge is -2.21. The van der Waals surface area contributed by atoms with E-state index in [9.17, 15) is 4.79 Å². The predicted molar refractivity (Wildman–Crippen MR) is 150 cm³/mol. The molecule has 1 N–H and O–H groups in total. The summed E-state index contributed by atoms with van der Waals surface area (Å²) < 4.78 is 6.85. The van der Waals surface area contributed by atoms with E-state index in [0.717, 1.165) is 80.3 Å². The van der Waals surface area contributed by atoms with Crippen molar-refractivity contribution in [2.45, 2.75) is 58.8 Å². The van der Waals surface area contributed by atoms with E-state index in [1.807, 2.05) is 32.0 Å². The molecule has 0 amide bonds. The number of carbonyl (C=O) groups is 1. The fraction of sp³-hybridized carbons (Fsp3) is 0.500. The van der Waals surface area contributed by atoms with Crippen molar-refractivity contribution in [1.82, 2.24) is 19.9 Å². The van der Waals surface area contributed by atoms with E-state index in [1.165, 1.54) is 16.7 Å². The van der Waals surface area contributed by atoms with Crippen LogP contribution in [-0.2, 0) is 22.4 Å². The highest BCUT2D eigenvalue weighted by atomic mass is 16.7. The number of fused-ring (bicyclic) bond motifs is 1. The molecule has 0 saturated carbocycles. The van der Waals surface area contributed by atoms with Crippen LogP contribution < -0.4 is 14.9 Å². The third kappa shape index (κ3) is 8.53. The van der Waals surface area contributed by atoms with Gasteiger partial charge in [0.1, 0.15) is 5.82 Å². The van der Waals surface area contributed by atoms with Gasteiger partial charge in [0.05, 0.1) is 18.6 Å². The first-order valence-corrected chi connectivity index (χ1v) is 14.0. The summed E-state index contributed by atoms with van der Waals surface area (Å²) in [7, 11) is 1.72. The quantitative estimate of drug-likeness (QED) is 0.249. The van der Waals surface area contributed by atoms with Crippen molar-refractivity contribution in [3.63, 3.8) is 0 Å². The maximum atomic E-state index is 12.8. The second kappa shape index (κ2) is 14.6. The lowest BCUT2D eigenvalue weighted by Crippen LogP contribution is -2.51. The Hall–Kier alpha value is -3.43. The number of anilines is 1. The third-order valence-corrected chi connectivity index (χ3v) is 6.92. The second-order valence-corrected chi connectivity index (χ2v) is 10.1. The first-order valence-electron chi connectivity index (χ1n) is 14.0. The predicted octanol–water partition coefficient (Wildman–Crippen LogP) is 3.51. The zero-order chi connectivity index (χ0) is 27.5. The molecular formula is C30H41N6O3+. The van der Waals surface area contributed by atoms with Crippen molar-refractivity contribution < 1.29 is 19.1 Å². The first-order chi connectivity index (χ1) is 19.0. The number of methoxy groups -OCH3 is 1. The van der Waals surface area contributed by atoms with Gasteiger partial charge in [-0.3, -0.25) is 9.82 Å². The van der Waals surface area contributed by atoms with Crippen molar-refractivity contribution in [2.75, 3.05) is 45.2 Å². The van der Waals surface area contributed by atoms with Crippen LogP contribution in [0.5, 0.6) is 0 Å². The van der Waals surface area contributed by atoms with Crippen LogP contribution in [0.1, 0.15) is 54.7 Å². The fourth-order valence-corrected chi connectivity index (χ4v) is 4.87. The molecule has 0 radical (unpaired) electrons. The van der Waals surface area contributed by atoms with Crippen molar-refractivity contribution in [3.05, 3.63) is 65.4 Å². The number of hydrogen-bond acceptors (Lipinski definition) is 8. The summed E-state index contributed by atoms with van der Waals surface area (Å²) in [4.78, 5) is 34.5. The van der Waals surface area contributed by atoms with Crippen molar-refractivity contribution in [3.8, 4) is 11.4 Å². The van der Waals surface area contributed by atoms with E-state index in [2.05, 4.69) is 32.3 Å². The van der Waals surface area contributed by atoms with E-state index in [0.29, 0.717) is 25.3 Å². The number of aromatic nitrogens is 4. The highest BCUT2D eigenvalue weighted by Gasteiger charge is 2.23. The number of aryl methyl sites for hydroxylation is 4. The number of rotatable bonds is 14. The molecule has 0 atom stereocenters. The van der Waals surface area contributed by atoms with Gasteiger partial charge in [0.25, 0.3) is 0 Å². The number of nitrogens with zero attached hydrogens (tertiary/aromatic N) is 5. The molecule has 0 spiro atoms. The lowest BCUT2D eigenvalue weighted by molar-refractivity contribution is -0.866. The minimum absolute atomic E-state index is 0.275. The SMILES string of the molecule is COCCN(CCCCc1ccc2c(n1)NCCC2)CCCC(=O)O[n+]1c(C)cc(C)nc1-c1ccncc1. The molecule has 3 aromatic heterocycles. The van der Waals surface area contributed by atoms with E-state index >= 15 is 0 Å². The summed E-state index contributed by atoms with van der Waals surface area (Å²) in [5, 5.41) is 3.42. The van der Waals surface area contributed by atoms with Crippen LogP contribution in [0.2, 0.25) is 0 Å². The molecule has 0 aromatic carbocycles. The Labute approximate surface area is 231 Å². The maximum absolute atomic E-state index is 12.8. The zero-order valence-electron chi connectivity index (χ0n) is 23.5. The van der Waals surface area contributed by atoms with E-state index in [4.69, 9.17) is 14.6 Å². The minimum Gasteiger partial charge on any atom is -0.383 e. The summed E-state index contributed by atoms with van der Waals surface area (Å²) >= 11 is 0. The maximum Gasteiger partial charge on any atom is 0.370 e. The van der Waals surface area contributed by atoms with Gasteiger partial charge >= 0.3 is 11.8 Å². The summed E-state index contributed by atoms with van der Waals surface area (Å²) in [6.07, 6.45) is 9.86. The van der Waals surface area contributed by atoms with Crippen LogP contribution in [-0.4, -0.2) is 65.7 Å². The Kier molecular flexibility index (Phi) is 10.7. The number of pyridine rings is 2. The molecule has 1 aliphatic heterocycles. The summed E-state index contributed by atoms with van der Waals surface area (Å²) in [6, 6.07) is 10.0. The van der Waals surface area contributed by atoms with Gasteiger partial charge in [-0.2, -0.15) is 0 Å². The van der Waals surface area contributed by atoms with E-state index in [1.54, 1.807) is 19.5 Å². The van der Waals surface area contributed by atoms with E-state index in [-0.39, 0.29) is 5.97 Å². The smallest absolute Gasteiger partial charge is 0.370 e. The molecule has 208 valence electrons. The van der Waals surface area contributed by atoms with Crippen LogP contribution in [0.25, 0.3) is 11.4 Å². The minimum atomic E-state index is -0.275. The molecule has 3 aromatic rings. The molecule has 4 rings (SSSR count). The monoisotopic (exact) mass is 533 g/mol.